The zero-order valence-electron chi connectivity index (χ0n) is 10.1. The lowest BCUT2D eigenvalue weighted by Gasteiger charge is -2.09. The van der Waals surface area contributed by atoms with Gasteiger partial charge in [0.2, 0.25) is 5.83 Å². The zero-order chi connectivity index (χ0) is 13.4. The molecule has 18 heavy (non-hydrogen) atoms. The molecule has 0 aliphatic heterocycles. The number of benzene rings is 1. The first-order chi connectivity index (χ1) is 8.69. The third-order valence-electron chi connectivity index (χ3n) is 2.20. The minimum absolute atomic E-state index is 0.0461. The molecular weight excluding hydrogens is 240 g/mol. The number of carbonyl (C=O) groups is 1. The molecule has 1 N–H and O–H groups in total. The van der Waals surface area contributed by atoms with E-state index in [2.05, 4.69) is 10.1 Å². The third-order valence-corrected chi connectivity index (χ3v) is 2.20. The Bertz CT molecular complexity index is 418. The fourth-order valence-corrected chi connectivity index (χ4v) is 1.31. The molecule has 0 heterocycles. The second kappa shape index (κ2) is 7.42. The highest BCUT2D eigenvalue weighted by Gasteiger charge is 2.16. The summed E-state index contributed by atoms with van der Waals surface area (Å²) >= 11 is 0. The van der Waals surface area contributed by atoms with Gasteiger partial charge in [-0.1, -0.05) is 30.3 Å². The summed E-state index contributed by atoms with van der Waals surface area (Å²) in [6.07, 6.45) is 0. The van der Waals surface area contributed by atoms with Crippen molar-refractivity contribution in [2.24, 2.45) is 0 Å². The fourth-order valence-electron chi connectivity index (χ4n) is 1.31. The summed E-state index contributed by atoms with van der Waals surface area (Å²) in [5, 5.41) is 2.55. The van der Waals surface area contributed by atoms with Crippen molar-refractivity contribution in [1.29, 1.82) is 0 Å². The van der Waals surface area contributed by atoms with Crippen LogP contribution in [0.4, 0.5) is 8.78 Å². The van der Waals surface area contributed by atoms with Gasteiger partial charge in [-0.3, -0.25) is 0 Å². The lowest BCUT2D eigenvalue weighted by atomic mass is 10.2. The smallest absolute Gasteiger partial charge is 0.369 e. The number of halogens is 2. The summed E-state index contributed by atoms with van der Waals surface area (Å²) in [7, 11) is 0. The number of allylic oxidation sites excluding steroid dienone is 1. The topological polar surface area (TPSA) is 38.3 Å². The number of hydrogen-bond acceptors (Lipinski definition) is 3. The van der Waals surface area contributed by atoms with Gasteiger partial charge in [-0.2, -0.15) is 4.39 Å². The summed E-state index contributed by atoms with van der Waals surface area (Å²) in [6.45, 7) is 0.757. The standard InChI is InChI=1S/C13H15F2NO2/c1-2-18-13(17)12(15)11(8-14)16-9-10-6-4-3-5-7-10/h3-7,16H,2,8-9H2,1H3/b12-11+. The average molecular weight is 255 g/mol. The van der Waals surface area contributed by atoms with Gasteiger partial charge in [0.25, 0.3) is 0 Å². The molecule has 0 fully saturated rings. The Morgan fingerprint density at radius 1 is 1.33 bits per heavy atom. The Balaban J connectivity index is 2.66. The summed E-state index contributed by atoms with van der Waals surface area (Å²) in [6, 6.07) is 9.10. The first-order valence-electron chi connectivity index (χ1n) is 5.58. The van der Waals surface area contributed by atoms with E-state index in [0.717, 1.165) is 5.56 Å². The van der Waals surface area contributed by atoms with Gasteiger partial charge < -0.3 is 10.1 Å². The van der Waals surface area contributed by atoms with Crippen molar-refractivity contribution in [1.82, 2.24) is 5.32 Å². The monoisotopic (exact) mass is 255 g/mol. The lowest BCUT2D eigenvalue weighted by molar-refractivity contribution is -0.140. The minimum atomic E-state index is -1.21. The lowest BCUT2D eigenvalue weighted by Crippen LogP contribution is -2.19. The highest BCUT2D eigenvalue weighted by Crippen LogP contribution is 2.08. The predicted molar refractivity (Wildman–Crippen MR) is 64.0 cm³/mol. The van der Waals surface area contributed by atoms with Gasteiger partial charge in [0.1, 0.15) is 6.67 Å². The maximum absolute atomic E-state index is 13.5. The van der Waals surface area contributed by atoms with Gasteiger partial charge in [0.05, 0.1) is 12.3 Å². The molecule has 0 unspecified atom stereocenters. The van der Waals surface area contributed by atoms with Crippen LogP contribution in [-0.2, 0) is 16.1 Å². The number of nitrogens with one attached hydrogen (secondary N) is 1. The largest absolute Gasteiger partial charge is 0.461 e. The van der Waals surface area contributed by atoms with Crippen molar-refractivity contribution >= 4 is 5.97 Å². The van der Waals surface area contributed by atoms with Crippen LogP contribution in [0.1, 0.15) is 12.5 Å². The maximum Gasteiger partial charge on any atom is 0.369 e. The highest BCUT2D eigenvalue weighted by molar-refractivity contribution is 5.86. The van der Waals surface area contributed by atoms with Crippen molar-refractivity contribution < 1.29 is 18.3 Å². The summed E-state index contributed by atoms with van der Waals surface area (Å²) in [4.78, 5) is 11.1. The molecule has 1 rings (SSSR count). The van der Waals surface area contributed by atoms with Crippen LogP contribution in [0, 0.1) is 0 Å². The van der Waals surface area contributed by atoms with Crippen molar-refractivity contribution in [3.8, 4) is 0 Å². The number of hydrogen-bond donors (Lipinski definition) is 1. The quantitative estimate of drug-likeness (QED) is 0.627. The van der Waals surface area contributed by atoms with Gasteiger partial charge in [0, 0.05) is 6.54 Å². The molecule has 0 amide bonds. The first kappa shape index (κ1) is 14.2. The molecule has 0 spiro atoms. The van der Waals surface area contributed by atoms with Crippen LogP contribution in [0.15, 0.2) is 41.9 Å². The number of esters is 1. The van der Waals surface area contributed by atoms with Gasteiger partial charge >= 0.3 is 5.97 Å². The second-order valence-electron chi connectivity index (χ2n) is 3.49. The van der Waals surface area contributed by atoms with Crippen LogP contribution in [0.2, 0.25) is 0 Å². The molecule has 5 heteroatoms. The summed E-state index contributed by atoms with van der Waals surface area (Å²) in [5.74, 6) is -2.36. The molecule has 1 aromatic rings. The Labute approximate surface area is 104 Å². The number of alkyl halides is 1. The van der Waals surface area contributed by atoms with Crippen LogP contribution in [-0.4, -0.2) is 19.3 Å². The normalized spacial score (nSPS) is 11.7. The van der Waals surface area contributed by atoms with Crippen LogP contribution in [0.3, 0.4) is 0 Å². The SMILES string of the molecule is CCOC(=O)/C(F)=C(/CF)NCc1ccccc1. The van der Waals surface area contributed by atoms with Crippen molar-refractivity contribution in [3.05, 3.63) is 47.4 Å². The van der Waals surface area contributed by atoms with Gasteiger partial charge in [-0.25, -0.2) is 9.18 Å². The highest BCUT2D eigenvalue weighted by atomic mass is 19.1. The maximum atomic E-state index is 13.5. The second-order valence-corrected chi connectivity index (χ2v) is 3.49. The summed E-state index contributed by atoms with van der Waals surface area (Å²) < 4.78 is 30.6. The molecule has 0 saturated heterocycles. The molecule has 3 nitrogen and oxygen atoms in total. The molecular formula is C13H15F2NO2. The van der Waals surface area contributed by atoms with Crippen molar-refractivity contribution in [3.63, 3.8) is 0 Å². The molecule has 0 radical (unpaired) electrons. The molecule has 0 aromatic heterocycles. The Morgan fingerprint density at radius 2 is 2.00 bits per heavy atom. The van der Waals surface area contributed by atoms with E-state index in [1.165, 1.54) is 0 Å². The van der Waals surface area contributed by atoms with Crippen molar-refractivity contribution in [2.45, 2.75) is 13.5 Å². The number of ether oxygens (including phenoxy) is 1. The van der Waals surface area contributed by atoms with E-state index in [1.807, 2.05) is 30.3 Å². The molecule has 1 aromatic carbocycles. The fraction of sp³-hybridized carbons (Fsp3) is 0.308. The molecule has 0 aliphatic rings. The van der Waals surface area contributed by atoms with E-state index >= 15 is 0 Å². The van der Waals surface area contributed by atoms with Crippen LogP contribution in [0.25, 0.3) is 0 Å². The Hall–Kier alpha value is -1.91. The van der Waals surface area contributed by atoms with Crippen LogP contribution in [0.5, 0.6) is 0 Å². The Kier molecular flexibility index (Phi) is 5.84. The molecule has 0 atom stereocenters. The van der Waals surface area contributed by atoms with Crippen molar-refractivity contribution in [2.75, 3.05) is 13.3 Å². The van der Waals surface area contributed by atoms with Gasteiger partial charge in [-0.05, 0) is 12.5 Å². The van der Waals surface area contributed by atoms with E-state index in [-0.39, 0.29) is 13.2 Å². The van der Waals surface area contributed by atoms with Gasteiger partial charge in [0.15, 0.2) is 0 Å². The minimum Gasteiger partial charge on any atom is -0.461 e. The predicted octanol–water partition coefficient (Wildman–Crippen LogP) is 2.49. The molecule has 0 saturated carbocycles. The number of carbonyl (C=O) groups excluding carboxylic acids is 1. The van der Waals surface area contributed by atoms with E-state index in [4.69, 9.17) is 0 Å². The van der Waals surface area contributed by atoms with E-state index in [1.54, 1.807) is 6.92 Å². The zero-order valence-corrected chi connectivity index (χ0v) is 10.1. The van der Waals surface area contributed by atoms with E-state index in [0.29, 0.717) is 0 Å². The van der Waals surface area contributed by atoms with E-state index < -0.39 is 24.2 Å². The number of rotatable bonds is 6. The van der Waals surface area contributed by atoms with E-state index in [9.17, 15) is 13.6 Å². The first-order valence-corrected chi connectivity index (χ1v) is 5.58. The average Bonchev–Trinajstić information content (AvgIpc) is 2.40. The molecule has 98 valence electrons. The third kappa shape index (κ3) is 4.16. The van der Waals surface area contributed by atoms with Crippen LogP contribution < -0.4 is 5.32 Å². The van der Waals surface area contributed by atoms with Crippen LogP contribution >= 0.6 is 0 Å². The van der Waals surface area contributed by atoms with Gasteiger partial charge in [-0.15, -0.1) is 0 Å². The molecule has 0 aliphatic carbocycles. The molecule has 0 bridgehead atoms. The summed E-state index contributed by atoms with van der Waals surface area (Å²) in [5.41, 5.74) is 0.470. The Morgan fingerprint density at radius 3 is 2.56 bits per heavy atom.